The molecule has 1 heterocycles. The summed E-state index contributed by atoms with van der Waals surface area (Å²) in [4.78, 5) is 14.4. The smallest absolute Gasteiger partial charge is 0.422 e. The fraction of sp³-hybridized carbons (Fsp3) is 0.500. The number of rotatable bonds is 5. The van der Waals surface area contributed by atoms with Gasteiger partial charge in [-0.2, -0.15) is 0 Å². The van der Waals surface area contributed by atoms with E-state index in [9.17, 15) is 14.9 Å². The first-order chi connectivity index (χ1) is 8.17. The fourth-order valence-electron chi connectivity index (χ4n) is 1.12. The number of hydrogen-bond donors (Lipinski definition) is 2. The van der Waals surface area contributed by atoms with Crippen LogP contribution in [0.4, 0.5) is 0 Å². The van der Waals surface area contributed by atoms with Crippen LogP contribution in [0.1, 0.15) is 38.1 Å². The molecule has 0 aliphatic carbocycles. The predicted molar refractivity (Wildman–Crippen MR) is 68.7 cm³/mol. The summed E-state index contributed by atoms with van der Waals surface area (Å²) in [6.45, 7) is 6.55. The monoisotopic (exact) mass is 251 g/mol. The summed E-state index contributed by atoms with van der Waals surface area (Å²) in [6.07, 6.45) is 2.02. The van der Waals surface area contributed by atoms with Crippen molar-refractivity contribution in [3.63, 3.8) is 0 Å². The molecule has 6 heteroatoms. The second kappa shape index (κ2) is 5.18. The lowest BCUT2D eigenvalue weighted by Crippen LogP contribution is -2.53. The number of hydrogen-bond acceptors (Lipinski definition) is 5. The Labute approximate surface area is 107 Å². The van der Waals surface area contributed by atoms with Gasteiger partial charge >= 0.3 is 7.12 Å². The molecule has 0 fully saturated rings. The SMILES string of the molecule is CC(C)(O)C(C)(C)OB(O)c1ccc(C=O)cn1. The van der Waals surface area contributed by atoms with Gasteiger partial charge in [-0.3, -0.25) is 9.78 Å². The van der Waals surface area contributed by atoms with Gasteiger partial charge in [0.05, 0.1) is 16.8 Å². The van der Waals surface area contributed by atoms with Crippen molar-refractivity contribution >= 4 is 19.0 Å². The van der Waals surface area contributed by atoms with Crippen molar-refractivity contribution in [1.29, 1.82) is 0 Å². The normalized spacial score (nSPS) is 12.3. The number of carbonyl (C=O) groups excluding carboxylic acids is 1. The number of aromatic nitrogens is 1. The second-order valence-electron chi connectivity index (χ2n) is 5.17. The molecule has 98 valence electrons. The summed E-state index contributed by atoms with van der Waals surface area (Å²) in [5, 5.41) is 19.8. The van der Waals surface area contributed by atoms with Crippen LogP contribution in [0, 0.1) is 0 Å². The molecule has 0 radical (unpaired) electrons. The maximum absolute atomic E-state index is 10.5. The largest absolute Gasteiger partial charge is 0.511 e. The molecule has 0 saturated heterocycles. The molecule has 18 heavy (non-hydrogen) atoms. The van der Waals surface area contributed by atoms with Crippen molar-refractivity contribution in [3.05, 3.63) is 23.9 Å². The minimum atomic E-state index is -1.26. The molecule has 5 nitrogen and oxygen atoms in total. The van der Waals surface area contributed by atoms with E-state index in [2.05, 4.69) is 4.98 Å². The topological polar surface area (TPSA) is 79.6 Å². The summed E-state index contributed by atoms with van der Waals surface area (Å²) in [6, 6.07) is 3.05. The average molecular weight is 251 g/mol. The number of aliphatic hydroxyl groups is 1. The number of nitrogens with zero attached hydrogens (tertiary/aromatic N) is 1. The Morgan fingerprint density at radius 3 is 2.33 bits per heavy atom. The molecular weight excluding hydrogens is 233 g/mol. The third kappa shape index (κ3) is 3.38. The van der Waals surface area contributed by atoms with E-state index in [1.54, 1.807) is 33.8 Å². The summed E-state index contributed by atoms with van der Waals surface area (Å²) >= 11 is 0. The molecule has 0 unspecified atom stereocenters. The molecule has 1 aromatic heterocycles. The molecule has 0 aliphatic rings. The van der Waals surface area contributed by atoms with E-state index < -0.39 is 18.3 Å². The van der Waals surface area contributed by atoms with Gasteiger partial charge in [0, 0.05) is 11.8 Å². The number of carbonyl (C=O) groups is 1. The van der Waals surface area contributed by atoms with Gasteiger partial charge in [-0.05, 0) is 39.8 Å². The van der Waals surface area contributed by atoms with Gasteiger partial charge in [0.1, 0.15) is 0 Å². The van der Waals surface area contributed by atoms with E-state index in [0.717, 1.165) is 0 Å². The van der Waals surface area contributed by atoms with Crippen molar-refractivity contribution in [3.8, 4) is 0 Å². The van der Waals surface area contributed by atoms with E-state index in [0.29, 0.717) is 11.8 Å². The quantitative estimate of drug-likeness (QED) is 0.575. The highest BCUT2D eigenvalue weighted by Crippen LogP contribution is 2.25. The van der Waals surface area contributed by atoms with Crippen LogP contribution in [-0.2, 0) is 4.65 Å². The zero-order valence-corrected chi connectivity index (χ0v) is 11.0. The maximum Gasteiger partial charge on any atom is 0.511 e. The minimum Gasteiger partial charge on any atom is -0.422 e. The first-order valence-electron chi connectivity index (χ1n) is 5.67. The van der Waals surface area contributed by atoms with Gasteiger partial charge in [-0.25, -0.2) is 0 Å². The summed E-state index contributed by atoms with van der Waals surface area (Å²) in [5.41, 5.74) is -1.35. The highest BCUT2D eigenvalue weighted by atomic mass is 16.5. The molecule has 1 aromatic rings. The standard InChI is InChI=1S/C12H18BNO4/c1-11(2,16)12(3,4)18-13(17)10-6-5-9(8-15)7-14-10/h5-8,16-17H,1-4H3. The maximum atomic E-state index is 10.5. The van der Waals surface area contributed by atoms with Crippen LogP contribution in [0.15, 0.2) is 18.3 Å². The van der Waals surface area contributed by atoms with Gasteiger partial charge in [0.25, 0.3) is 0 Å². The zero-order chi connectivity index (χ0) is 14.0. The number of aldehydes is 1. The summed E-state index contributed by atoms with van der Waals surface area (Å²) in [5.74, 6) is 0. The van der Waals surface area contributed by atoms with Crippen LogP contribution < -0.4 is 5.59 Å². The molecule has 0 spiro atoms. The highest BCUT2D eigenvalue weighted by Gasteiger charge is 2.39. The van der Waals surface area contributed by atoms with Crippen LogP contribution in [-0.4, -0.2) is 39.7 Å². The molecular formula is C12H18BNO4. The van der Waals surface area contributed by atoms with Crippen molar-refractivity contribution in [2.24, 2.45) is 0 Å². The molecule has 1 rings (SSSR count). The lowest BCUT2D eigenvalue weighted by atomic mass is 9.80. The highest BCUT2D eigenvalue weighted by molar-refractivity contribution is 6.59. The van der Waals surface area contributed by atoms with E-state index in [4.69, 9.17) is 4.65 Å². The molecule has 0 saturated carbocycles. The molecule has 2 N–H and O–H groups in total. The fourth-order valence-corrected chi connectivity index (χ4v) is 1.12. The third-order valence-electron chi connectivity index (χ3n) is 3.08. The van der Waals surface area contributed by atoms with Crippen LogP contribution in [0.3, 0.4) is 0 Å². The molecule has 0 bridgehead atoms. The van der Waals surface area contributed by atoms with Gasteiger partial charge in [-0.15, -0.1) is 0 Å². The third-order valence-corrected chi connectivity index (χ3v) is 3.08. The van der Waals surface area contributed by atoms with E-state index in [1.165, 1.54) is 12.3 Å². The minimum absolute atomic E-state index is 0.290. The lowest BCUT2D eigenvalue weighted by molar-refractivity contribution is -0.0983. The Morgan fingerprint density at radius 1 is 1.33 bits per heavy atom. The summed E-state index contributed by atoms with van der Waals surface area (Å²) in [7, 11) is -1.26. The Balaban J connectivity index is 2.81. The van der Waals surface area contributed by atoms with Gasteiger partial charge in [0.15, 0.2) is 6.29 Å². The number of pyridine rings is 1. The van der Waals surface area contributed by atoms with Crippen molar-refractivity contribution in [2.75, 3.05) is 0 Å². The van der Waals surface area contributed by atoms with Gasteiger partial charge < -0.3 is 14.8 Å². The van der Waals surface area contributed by atoms with Crippen LogP contribution in [0.2, 0.25) is 0 Å². The molecule has 0 aromatic carbocycles. The molecule has 0 atom stereocenters. The first-order valence-corrected chi connectivity index (χ1v) is 5.67. The van der Waals surface area contributed by atoms with Crippen LogP contribution in [0.25, 0.3) is 0 Å². The summed E-state index contributed by atoms with van der Waals surface area (Å²) < 4.78 is 5.42. The Bertz CT molecular complexity index is 411. The van der Waals surface area contributed by atoms with Gasteiger partial charge in [0.2, 0.25) is 0 Å². The average Bonchev–Trinajstić information content (AvgIpc) is 2.27. The van der Waals surface area contributed by atoms with E-state index in [-0.39, 0.29) is 5.59 Å². The molecule has 0 amide bonds. The van der Waals surface area contributed by atoms with E-state index >= 15 is 0 Å². The molecule has 0 aliphatic heterocycles. The van der Waals surface area contributed by atoms with E-state index in [1.807, 2.05) is 0 Å². The van der Waals surface area contributed by atoms with Gasteiger partial charge in [-0.1, -0.05) is 0 Å². The Kier molecular flexibility index (Phi) is 4.26. The van der Waals surface area contributed by atoms with Crippen LogP contribution >= 0.6 is 0 Å². The first kappa shape index (κ1) is 14.8. The Hall–Kier alpha value is -1.24. The predicted octanol–water partition coefficient (Wildman–Crippen LogP) is 0.148. The lowest BCUT2D eigenvalue weighted by Gasteiger charge is -2.38. The van der Waals surface area contributed by atoms with Crippen molar-refractivity contribution in [1.82, 2.24) is 4.98 Å². The van der Waals surface area contributed by atoms with Crippen molar-refractivity contribution in [2.45, 2.75) is 38.9 Å². The Morgan fingerprint density at radius 2 is 1.94 bits per heavy atom. The van der Waals surface area contributed by atoms with Crippen LogP contribution in [0.5, 0.6) is 0 Å². The second-order valence-corrected chi connectivity index (χ2v) is 5.17. The zero-order valence-electron chi connectivity index (χ0n) is 11.0. The van der Waals surface area contributed by atoms with Crippen molar-refractivity contribution < 1.29 is 19.6 Å².